The van der Waals surface area contributed by atoms with Crippen molar-refractivity contribution in [3.8, 4) is 5.75 Å². The first-order chi connectivity index (χ1) is 5.15. The van der Waals surface area contributed by atoms with E-state index >= 15 is 0 Å². The maximum atomic E-state index is 9.23. The van der Waals surface area contributed by atoms with Crippen molar-refractivity contribution in [2.24, 2.45) is 0 Å². The summed E-state index contributed by atoms with van der Waals surface area (Å²) in [5, 5.41) is 18.4. The molecule has 0 aliphatic carbocycles. The minimum atomic E-state index is -0.231. The quantitative estimate of drug-likeness (QED) is 0.679. The highest BCUT2D eigenvalue weighted by atomic mass is 35.5. The van der Waals surface area contributed by atoms with E-state index in [4.69, 9.17) is 16.7 Å². The Labute approximate surface area is 70.1 Å². The predicted molar refractivity (Wildman–Crippen MR) is 43.8 cm³/mol. The van der Waals surface area contributed by atoms with Crippen LogP contribution < -0.4 is 0 Å². The highest BCUT2D eigenvalue weighted by Gasteiger charge is 2.05. The number of benzene rings is 1. The molecule has 1 aromatic carbocycles. The van der Waals surface area contributed by atoms with Crippen molar-refractivity contribution in [1.82, 2.24) is 0 Å². The summed E-state index contributed by atoms with van der Waals surface area (Å²) in [4.78, 5) is 0. The number of aryl methyl sites for hydroxylation is 1. The smallest absolute Gasteiger partial charge is 0.122 e. The van der Waals surface area contributed by atoms with Gasteiger partial charge in [-0.15, -0.1) is 0 Å². The van der Waals surface area contributed by atoms with Gasteiger partial charge in [-0.1, -0.05) is 11.6 Å². The van der Waals surface area contributed by atoms with Crippen LogP contribution >= 0.6 is 11.6 Å². The van der Waals surface area contributed by atoms with Crippen molar-refractivity contribution in [3.63, 3.8) is 0 Å². The molecule has 11 heavy (non-hydrogen) atoms. The molecule has 60 valence electrons. The van der Waals surface area contributed by atoms with Crippen molar-refractivity contribution in [2.45, 2.75) is 13.5 Å². The normalized spacial score (nSPS) is 10.1. The van der Waals surface area contributed by atoms with Gasteiger partial charge in [0.05, 0.1) is 11.6 Å². The molecule has 0 spiro atoms. The standard InChI is InChI=1S/C8H9ClO2/c1-5-2-7(9)6(4-10)8(11)3-5/h2-3,10-11H,4H2,1H3. The van der Waals surface area contributed by atoms with Crippen LogP contribution in [0.25, 0.3) is 0 Å². The Morgan fingerprint density at radius 3 is 2.55 bits per heavy atom. The minimum absolute atomic E-state index is 0.0532. The van der Waals surface area contributed by atoms with Gasteiger partial charge in [0.1, 0.15) is 5.75 Å². The average Bonchev–Trinajstić information content (AvgIpc) is 1.85. The zero-order valence-electron chi connectivity index (χ0n) is 6.13. The summed E-state index contributed by atoms with van der Waals surface area (Å²) in [6.45, 7) is 1.59. The minimum Gasteiger partial charge on any atom is -0.508 e. The molecule has 1 rings (SSSR count). The molecule has 0 bridgehead atoms. The molecule has 0 saturated carbocycles. The number of aromatic hydroxyl groups is 1. The predicted octanol–water partition coefficient (Wildman–Crippen LogP) is 1.85. The highest BCUT2D eigenvalue weighted by molar-refractivity contribution is 6.31. The first-order valence-electron chi connectivity index (χ1n) is 3.24. The van der Waals surface area contributed by atoms with Crippen LogP contribution in [-0.4, -0.2) is 10.2 Å². The second-order valence-electron chi connectivity index (χ2n) is 2.40. The maximum absolute atomic E-state index is 9.23. The number of hydrogen-bond donors (Lipinski definition) is 2. The lowest BCUT2D eigenvalue weighted by Crippen LogP contribution is -1.86. The molecule has 0 radical (unpaired) electrons. The number of aliphatic hydroxyl groups is 1. The first-order valence-corrected chi connectivity index (χ1v) is 3.62. The largest absolute Gasteiger partial charge is 0.508 e. The summed E-state index contributed by atoms with van der Waals surface area (Å²) >= 11 is 5.71. The summed E-state index contributed by atoms with van der Waals surface area (Å²) in [5.74, 6) is 0.0532. The third-order valence-electron chi connectivity index (χ3n) is 1.47. The van der Waals surface area contributed by atoms with E-state index in [-0.39, 0.29) is 12.4 Å². The van der Waals surface area contributed by atoms with Gasteiger partial charge in [-0.25, -0.2) is 0 Å². The molecule has 0 saturated heterocycles. The Kier molecular flexibility index (Phi) is 2.37. The number of rotatable bonds is 1. The first kappa shape index (κ1) is 8.37. The fraction of sp³-hybridized carbons (Fsp3) is 0.250. The van der Waals surface area contributed by atoms with Crippen molar-refractivity contribution < 1.29 is 10.2 Å². The van der Waals surface area contributed by atoms with Gasteiger partial charge >= 0.3 is 0 Å². The Morgan fingerprint density at radius 2 is 2.09 bits per heavy atom. The van der Waals surface area contributed by atoms with Gasteiger partial charge in [0, 0.05) is 5.56 Å². The van der Waals surface area contributed by atoms with Gasteiger partial charge in [0.2, 0.25) is 0 Å². The molecule has 2 N–H and O–H groups in total. The molecule has 0 heterocycles. The van der Waals surface area contributed by atoms with Crippen LogP contribution in [0.5, 0.6) is 5.75 Å². The summed E-state index contributed by atoms with van der Waals surface area (Å²) in [5.41, 5.74) is 1.27. The molecular weight excluding hydrogens is 164 g/mol. The highest BCUT2D eigenvalue weighted by Crippen LogP contribution is 2.26. The Hall–Kier alpha value is -0.730. The van der Waals surface area contributed by atoms with Crippen molar-refractivity contribution in [1.29, 1.82) is 0 Å². The molecule has 0 atom stereocenters. The van der Waals surface area contributed by atoms with Crippen LogP contribution in [0, 0.1) is 6.92 Å². The average molecular weight is 173 g/mol. The lowest BCUT2D eigenvalue weighted by atomic mass is 10.1. The van der Waals surface area contributed by atoms with Crippen molar-refractivity contribution >= 4 is 11.6 Å². The van der Waals surface area contributed by atoms with E-state index in [1.807, 2.05) is 6.92 Å². The van der Waals surface area contributed by atoms with E-state index in [0.29, 0.717) is 10.6 Å². The monoisotopic (exact) mass is 172 g/mol. The lowest BCUT2D eigenvalue weighted by Gasteiger charge is -2.04. The summed E-state index contributed by atoms with van der Waals surface area (Å²) in [7, 11) is 0. The third kappa shape index (κ3) is 1.64. The second kappa shape index (κ2) is 3.11. The van der Waals surface area contributed by atoms with Crippen LogP contribution in [0.1, 0.15) is 11.1 Å². The van der Waals surface area contributed by atoms with E-state index in [1.165, 1.54) is 0 Å². The summed E-state index contributed by atoms with van der Waals surface area (Å²) in [6, 6.07) is 3.27. The molecule has 2 nitrogen and oxygen atoms in total. The van der Waals surface area contributed by atoms with E-state index < -0.39 is 0 Å². The van der Waals surface area contributed by atoms with Crippen LogP contribution in [0.2, 0.25) is 5.02 Å². The Bertz CT molecular complexity index is 248. The SMILES string of the molecule is Cc1cc(O)c(CO)c(Cl)c1. The van der Waals surface area contributed by atoms with Crippen molar-refractivity contribution in [3.05, 3.63) is 28.3 Å². The van der Waals surface area contributed by atoms with E-state index in [2.05, 4.69) is 0 Å². The number of hydrogen-bond acceptors (Lipinski definition) is 2. The van der Waals surface area contributed by atoms with Crippen molar-refractivity contribution in [2.75, 3.05) is 0 Å². The number of aliphatic hydroxyl groups excluding tert-OH is 1. The topological polar surface area (TPSA) is 40.5 Å². The molecule has 0 aromatic heterocycles. The molecule has 0 aliphatic rings. The fourth-order valence-electron chi connectivity index (χ4n) is 0.910. The van der Waals surface area contributed by atoms with Gasteiger partial charge in [-0.3, -0.25) is 0 Å². The van der Waals surface area contributed by atoms with Gasteiger partial charge < -0.3 is 10.2 Å². The van der Waals surface area contributed by atoms with E-state index in [9.17, 15) is 5.11 Å². The zero-order valence-corrected chi connectivity index (χ0v) is 6.89. The molecule has 0 fully saturated rings. The van der Waals surface area contributed by atoms with Gasteiger partial charge in [-0.2, -0.15) is 0 Å². The Balaban J connectivity index is 3.25. The molecule has 3 heteroatoms. The maximum Gasteiger partial charge on any atom is 0.122 e. The van der Waals surface area contributed by atoms with Gasteiger partial charge in [0.15, 0.2) is 0 Å². The summed E-state index contributed by atoms with van der Waals surface area (Å²) in [6.07, 6.45) is 0. The van der Waals surface area contributed by atoms with Crippen LogP contribution in [-0.2, 0) is 6.61 Å². The zero-order chi connectivity index (χ0) is 8.43. The lowest BCUT2D eigenvalue weighted by molar-refractivity contribution is 0.275. The van der Waals surface area contributed by atoms with E-state index in [1.54, 1.807) is 12.1 Å². The molecule has 0 unspecified atom stereocenters. The van der Waals surface area contributed by atoms with Crippen LogP contribution in [0.4, 0.5) is 0 Å². The third-order valence-corrected chi connectivity index (χ3v) is 1.81. The molecule has 1 aromatic rings. The Morgan fingerprint density at radius 1 is 1.45 bits per heavy atom. The second-order valence-corrected chi connectivity index (χ2v) is 2.81. The molecule has 0 amide bonds. The van der Waals surface area contributed by atoms with Crippen LogP contribution in [0.15, 0.2) is 12.1 Å². The number of halogens is 1. The molecular formula is C8H9ClO2. The number of phenols is 1. The van der Waals surface area contributed by atoms with Gasteiger partial charge in [-0.05, 0) is 24.6 Å². The van der Waals surface area contributed by atoms with Gasteiger partial charge in [0.25, 0.3) is 0 Å². The van der Waals surface area contributed by atoms with Crippen LogP contribution in [0.3, 0.4) is 0 Å². The fourth-order valence-corrected chi connectivity index (χ4v) is 1.24. The molecule has 0 aliphatic heterocycles. The van der Waals surface area contributed by atoms with E-state index in [0.717, 1.165) is 5.56 Å². The summed E-state index contributed by atoms with van der Waals surface area (Å²) < 4.78 is 0.